The molecule has 0 radical (unpaired) electrons. The van der Waals surface area contributed by atoms with Crippen LogP contribution in [0.2, 0.25) is 0 Å². The van der Waals surface area contributed by atoms with Gasteiger partial charge in [0.2, 0.25) is 5.75 Å². The van der Waals surface area contributed by atoms with Gasteiger partial charge in [0.05, 0.1) is 34.0 Å². The number of carbonyl (C=O) groups excluding carboxylic acids is 2. The smallest absolute Gasteiger partial charge is 0.357 e. The molecule has 7 heteroatoms. The highest BCUT2D eigenvalue weighted by atomic mass is 16.5. The summed E-state index contributed by atoms with van der Waals surface area (Å²) >= 11 is 0. The van der Waals surface area contributed by atoms with E-state index in [0.29, 0.717) is 17.2 Å². The Labute approximate surface area is 139 Å². The maximum absolute atomic E-state index is 12.8. The van der Waals surface area contributed by atoms with Crippen LogP contribution in [-0.4, -0.2) is 45.2 Å². The van der Waals surface area contributed by atoms with E-state index in [4.69, 9.17) is 14.2 Å². The van der Waals surface area contributed by atoms with Crippen molar-refractivity contribution in [3.8, 4) is 17.2 Å². The molecule has 1 aromatic heterocycles. The molecule has 1 heterocycles. The van der Waals surface area contributed by atoms with Crippen LogP contribution >= 0.6 is 0 Å². The molecular formula is C17H17NO6. The van der Waals surface area contributed by atoms with E-state index in [1.54, 1.807) is 6.07 Å². The van der Waals surface area contributed by atoms with E-state index in [2.05, 4.69) is 9.72 Å². The molecule has 0 unspecified atom stereocenters. The van der Waals surface area contributed by atoms with Gasteiger partial charge in [0.15, 0.2) is 23.0 Å². The summed E-state index contributed by atoms with van der Waals surface area (Å²) in [6.07, 6.45) is 1.41. The maximum atomic E-state index is 12.8. The van der Waals surface area contributed by atoms with Gasteiger partial charge in [0.1, 0.15) is 0 Å². The third-order valence-corrected chi connectivity index (χ3v) is 3.36. The Balaban J connectivity index is 2.57. The summed E-state index contributed by atoms with van der Waals surface area (Å²) in [6.45, 7) is 0. The Morgan fingerprint density at radius 3 is 2.08 bits per heavy atom. The molecule has 24 heavy (non-hydrogen) atoms. The second-order valence-electron chi connectivity index (χ2n) is 4.63. The van der Waals surface area contributed by atoms with Gasteiger partial charge in [0, 0.05) is 11.8 Å². The number of ketones is 1. The molecule has 0 fully saturated rings. The minimum Gasteiger partial charge on any atom is -0.493 e. The first-order valence-electron chi connectivity index (χ1n) is 6.95. The molecule has 2 rings (SSSR count). The number of hydrogen-bond acceptors (Lipinski definition) is 7. The number of pyridine rings is 1. The molecule has 0 spiro atoms. The van der Waals surface area contributed by atoms with Gasteiger partial charge < -0.3 is 18.9 Å². The van der Waals surface area contributed by atoms with Crippen LogP contribution in [0.1, 0.15) is 26.4 Å². The second kappa shape index (κ2) is 7.45. The van der Waals surface area contributed by atoms with E-state index in [-0.39, 0.29) is 16.8 Å². The SMILES string of the molecule is COC(=O)c1ncccc1C(=O)c1cc(OC)c(OC)c(OC)c1. The standard InChI is InChI=1S/C17H17NO6/c1-21-12-8-10(9-13(22-2)16(12)23-3)15(19)11-6-5-7-18-14(11)17(20)24-4/h5-9H,1-4H3. The average molecular weight is 331 g/mol. The van der Waals surface area contributed by atoms with E-state index in [0.717, 1.165) is 0 Å². The summed E-state index contributed by atoms with van der Waals surface area (Å²) in [5.41, 5.74) is 0.333. The number of aromatic nitrogens is 1. The molecule has 0 atom stereocenters. The van der Waals surface area contributed by atoms with Crippen LogP contribution in [0.3, 0.4) is 0 Å². The van der Waals surface area contributed by atoms with E-state index in [1.165, 1.54) is 52.8 Å². The highest BCUT2D eigenvalue weighted by Gasteiger charge is 2.23. The van der Waals surface area contributed by atoms with Crippen molar-refractivity contribution < 1.29 is 28.5 Å². The molecule has 7 nitrogen and oxygen atoms in total. The fourth-order valence-electron chi connectivity index (χ4n) is 2.22. The molecule has 0 bridgehead atoms. The molecule has 0 saturated heterocycles. The summed E-state index contributed by atoms with van der Waals surface area (Å²) in [5, 5.41) is 0. The molecule has 126 valence electrons. The van der Waals surface area contributed by atoms with Crippen molar-refractivity contribution in [3.63, 3.8) is 0 Å². The largest absolute Gasteiger partial charge is 0.493 e. The first-order valence-corrected chi connectivity index (χ1v) is 6.95. The van der Waals surface area contributed by atoms with Gasteiger partial charge >= 0.3 is 5.97 Å². The van der Waals surface area contributed by atoms with Crippen LogP contribution < -0.4 is 14.2 Å². The fraction of sp³-hybridized carbons (Fsp3) is 0.235. The number of hydrogen-bond donors (Lipinski definition) is 0. The van der Waals surface area contributed by atoms with Gasteiger partial charge in [-0.25, -0.2) is 9.78 Å². The fourth-order valence-corrected chi connectivity index (χ4v) is 2.22. The molecule has 0 aliphatic heterocycles. The first-order chi connectivity index (χ1) is 11.6. The van der Waals surface area contributed by atoms with Gasteiger partial charge in [-0.05, 0) is 24.3 Å². The Kier molecular flexibility index (Phi) is 5.36. The van der Waals surface area contributed by atoms with Crippen molar-refractivity contribution >= 4 is 11.8 Å². The lowest BCUT2D eigenvalue weighted by Gasteiger charge is -2.14. The number of ether oxygens (including phenoxy) is 4. The van der Waals surface area contributed by atoms with Crippen molar-refractivity contribution in [3.05, 3.63) is 47.3 Å². The number of esters is 1. The maximum Gasteiger partial charge on any atom is 0.357 e. The molecule has 0 aliphatic carbocycles. The third-order valence-electron chi connectivity index (χ3n) is 3.36. The summed E-state index contributed by atoms with van der Waals surface area (Å²) < 4.78 is 20.4. The predicted octanol–water partition coefficient (Wildman–Crippen LogP) is 2.12. The molecule has 0 N–H and O–H groups in total. The normalized spacial score (nSPS) is 10.0. The van der Waals surface area contributed by atoms with Crippen molar-refractivity contribution in [2.24, 2.45) is 0 Å². The van der Waals surface area contributed by atoms with Crippen LogP contribution in [0.25, 0.3) is 0 Å². The Morgan fingerprint density at radius 2 is 1.58 bits per heavy atom. The van der Waals surface area contributed by atoms with Crippen LogP contribution in [0.15, 0.2) is 30.5 Å². The number of rotatable bonds is 6. The van der Waals surface area contributed by atoms with Crippen molar-refractivity contribution in [2.45, 2.75) is 0 Å². The monoisotopic (exact) mass is 331 g/mol. The molecule has 0 amide bonds. The summed E-state index contributed by atoms with van der Waals surface area (Å²) in [7, 11) is 5.61. The molecular weight excluding hydrogens is 314 g/mol. The molecule has 0 aliphatic rings. The van der Waals surface area contributed by atoms with Gasteiger partial charge in [-0.1, -0.05) is 0 Å². The zero-order valence-corrected chi connectivity index (χ0v) is 13.8. The van der Waals surface area contributed by atoms with Gasteiger partial charge in [0.25, 0.3) is 0 Å². The van der Waals surface area contributed by atoms with E-state index >= 15 is 0 Å². The summed E-state index contributed by atoms with van der Waals surface area (Å²) in [6, 6.07) is 6.10. The lowest BCUT2D eigenvalue weighted by atomic mass is 10.0. The van der Waals surface area contributed by atoms with Gasteiger partial charge in [-0.15, -0.1) is 0 Å². The Hall–Kier alpha value is -3.09. The number of nitrogens with zero attached hydrogens (tertiary/aromatic N) is 1. The molecule has 2 aromatic rings. The zero-order valence-electron chi connectivity index (χ0n) is 13.8. The highest BCUT2D eigenvalue weighted by Crippen LogP contribution is 2.38. The van der Waals surface area contributed by atoms with E-state index in [9.17, 15) is 9.59 Å². The van der Waals surface area contributed by atoms with Crippen LogP contribution in [-0.2, 0) is 4.74 Å². The summed E-state index contributed by atoms with van der Waals surface area (Å²) in [5.74, 6) is -0.0579. The quantitative estimate of drug-likeness (QED) is 0.592. The van der Waals surface area contributed by atoms with Crippen molar-refractivity contribution in [1.82, 2.24) is 4.98 Å². The number of methoxy groups -OCH3 is 4. The summed E-state index contributed by atoms with van der Waals surface area (Å²) in [4.78, 5) is 28.6. The van der Waals surface area contributed by atoms with Gasteiger partial charge in [-0.3, -0.25) is 4.79 Å². The minimum absolute atomic E-state index is 0.0567. The topological polar surface area (TPSA) is 84.0 Å². The van der Waals surface area contributed by atoms with Crippen LogP contribution in [0.5, 0.6) is 17.2 Å². The van der Waals surface area contributed by atoms with Crippen LogP contribution in [0, 0.1) is 0 Å². The third kappa shape index (κ3) is 3.15. The Bertz CT molecular complexity index is 746. The second-order valence-corrected chi connectivity index (χ2v) is 4.63. The zero-order chi connectivity index (χ0) is 17.7. The molecule has 1 aromatic carbocycles. The Morgan fingerprint density at radius 1 is 0.958 bits per heavy atom. The number of carbonyl (C=O) groups is 2. The first kappa shape index (κ1) is 17.3. The van der Waals surface area contributed by atoms with Crippen LogP contribution in [0.4, 0.5) is 0 Å². The predicted molar refractivity (Wildman–Crippen MR) is 85.1 cm³/mol. The van der Waals surface area contributed by atoms with E-state index < -0.39 is 11.8 Å². The van der Waals surface area contributed by atoms with E-state index in [1.807, 2.05) is 0 Å². The minimum atomic E-state index is -0.689. The highest BCUT2D eigenvalue weighted by molar-refractivity contribution is 6.14. The lowest BCUT2D eigenvalue weighted by Crippen LogP contribution is -2.13. The average Bonchev–Trinajstić information content (AvgIpc) is 2.65. The lowest BCUT2D eigenvalue weighted by molar-refractivity contribution is 0.0590. The van der Waals surface area contributed by atoms with Crippen molar-refractivity contribution in [2.75, 3.05) is 28.4 Å². The number of benzene rings is 1. The van der Waals surface area contributed by atoms with Crippen molar-refractivity contribution in [1.29, 1.82) is 0 Å². The van der Waals surface area contributed by atoms with Gasteiger partial charge in [-0.2, -0.15) is 0 Å². The molecule has 0 saturated carbocycles.